The molecule has 2 aliphatic rings. The van der Waals surface area contributed by atoms with Crippen LogP contribution < -0.4 is 0 Å². The van der Waals surface area contributed by atoms with Crippen LogP contribution in [-0.2, 0) is 5.41 Å². The summed E-state index contributed by atoms with van der Waals surface area (Å²) in [7, 11) is 0. The minimum atomic E-state index is 0.146. The summed E-state index contributed by atoms with van der Waals surface area (Å²) in [4.78, 5) is 3.65. The number of aromatic amines is 1. The van der Waals surface area contributed by atoms with E-state index in [1.54, 1.807) is 0 Å². The summed E-state index contributed by atoms with van der Waals surface area (Å²) in [6, 6.07) is 14.1. The van der Waals surface area contributed by atoms with Crippen LogP contribution in [0.3, 0.4) is 0 Å². The minimum Gasteiger partial charge on any atom is -0.355 e. The standard InChI is InChI=1S/C31H37N/c1-30(2,3)22-15-17-28-26(19-22)25-18-21(14-16-27(25)32-28)29(31(4,5)6)24-13-9-11-20-10-7-8-12-23(20)24/h7,9-11,13-19,23-24,29,32H,8,12H2,1-6H3. The molecular formula is C31H37N. The van der Waals surface area contributed by atoms with Gasteiger partial charge in [0.1, 0.15) is 0 Å². The molecule has 166 valence electrons. The molecule has 0 aliphatic heterocycles. The highest BCUT2D eigenvalue weighted by Gasteiger charge is 2.38. The molecule has 1 N–H and O–H groups in total. The molecule has 0 saturated carbocycles. The monoisotopic (exact) mass is 423 g/mol. The topological polar surface area (TPSA) is 15.8 Å². The molecule has 0 radical (unpaired) electrons. The smallest absolute Gasteiger partial charge is 0.0465 e. The molecule has 0 saturated heterocycles. The number of hydrogen-bond donors (Lipinski definition) is 1. The second-order valence-electron chi connectivity index (χ2n) is 12.0. The number of fused-ring (bicyclic) bond motifs is 4. The lowest BCUT2D eigenvalue weighted by Crippen LogP contribution is -2.32. The number of nitrogens with one attached hydrogen (secondary N) is 1. The summed E-state index contributed by atoms with van der Waals surface area (Å²) in [5.74, 6) is 1.63. The van der Waals surface area contributed by atoms with Crippen molar-refractivity contribution < 1.29 is 0 Å². The van der Waals surface area contributed by atoms with Gasteiger partial charge in [-0.1, -0.05) is 84.1 Å². The summed E-state index contributed by atoms with van der Waals surface area (Å²) < 4.78 is 0. The van der Waals surface area contributed by atoms with Gasteiger partial charge >= 0.3 is 0 Å². The van der Waals surface area contributed by atoms with Gasteiger partial charge in [0.2, 0.25) is 0 Å². The lowest BCUT2D eigenvalue weighted by Gasteiger charge is -2.42. The second kappa shape index (κ2) is 7.51. The van der Waals surface area contributed by atoms with Crippen LogP contribution in [0.15, 0.2) is 72.4 Å². The number of rotatable bonds is 2. The van der Waals surface area contributed by atoms with Crippen molar-refractivity contribution in [2.24, 2.45) is 17.3 Å². The third-order valence-corrected chi connectivity index (χ3v) is 7.64. The van der Waals surface area contributed by atoms with Crippen molar-refractivity contribution >= 4 is 21.8 Å². The zero-order chi connectivity index (χ0) is 22.7. The van der Waals surface area contributed by atoms with E-state index in [1.165, 1.54) is 51.3 Å². The third kappa shape index (κ3) is 3.66. The maximum Gasteiger partial charge on any atom is 0.0465 e. The fraction of sp³-hybridized carbons (Fsp3) is 0.419. The van der Waals surface area contributed by atoms with Crippen LogP contribution in [0.2, 0.25) is 0 Å². The largest absolute Gasteiger partial charge is 0.355 e. The van der Waals surface area contributed by atoms with Crippen LogP contribution in [-0.4, -0.2) is 4.98 Å². The Balaban J connectivity index is 1.65. The molecule has 0 fully saturated rings. The van der Waals surface area contributed by atoms with E-state index < -0.39 is 0 Å². The zero-order valence-corrected chi connectivity index (χ0v) is 20.5. The molecule has 1 heterocycles. The molecule has 0 bridgehead atoms. The minimum absolute atomic E-state index is 0.146. The van der Waals surface area contributed by atoms with E-state index in [0.29, 0.717) is 17.8 Å². The average Bonchev–Trinajstić information content (AvgIpc) is 3.10. The van der Waals surface area contributed by atoms with Crippen molar-refractivity contribution in [1.29, 1.82) is 0 Å². The summed E-state index contributed by atoms with van der Waals surface area (Å²) in [6.45, 7) is 14.1. The first kappa shape index (κ1) is 21.3. The van der Waals surface area contributed by atoms with Crippen molar-refractivity contribution in [1.82, 2.24) is 4.98 Å². The van der Waals surface area contributed by atoms with Crippen LogP contribution in [0.1, 0.15) is 71.4 Å². The van der Waals surface area contributed by atoms with Crippen molar-refractivity contribution in [3.63, 3.8) is 0 Å². The Bertz CT molecular complexity index is 1250. The molecule has 5 rings (SSSR count). The molecule has 0 spiro atoms. The van der Waals surface area contributed by atoms with Gasteiger partial charge < -0.3 is 4.98 Å². The van der Waals surface area contributed by atoms with E-state index in [-0.39, 0.29) is 10.8 Å². The molecule has 3 aromatic rings. The third-order valence-electron chi connectivity index (χ3n) is 7.64. The molecule has 0 amide bonds. The van der Waals surface area contributed by atoms with Crippen molar-refractivity contribution in [3.05, 3.63) is 83.5 Å². The molecule has 1 heteroatoms. The molecular weight excluding hydrogens is 386 g/mol. The number of benzene rings is 2. The molecule has 2 aliphatic carbocycles. The Morgan fingerprint density at radius 1 is 0.906 bits per heavy atom. The maximum absolute atomic E-state index is 3.65. The molecule has 1 nitrogen and oxygen atoms in total. The van der Waals surface area contributed by atoms with Crippen LogP contribution >= 0.6 is 0 Å². The second-order valence-corrected chi connectivity index (χ2v) is 12.0. The van der Waals surface area contributed by atoms with Gasteiger partial charge in [-0.2, -0.15) is 0 Å². The van der Waals surface area contributed by atoms with Crippen LogP contribution in [0, 0.1) is 17.3 Å². The summed E-state index contributed by atoms with van der Waals surface area (Å²) >= 11 is 0. The Hall–Kier alpha value is -2.54. The highest BCUT2D eigenvalue weighted by atomic mass is 14.7. The number of hydrogen-bond acceptors (Lipinski definition) is 0. The first-order chi connectivity index (χ1) is 15.1. The van der Waals surface area contributed by atoms with Crippen molar-refractivity contribution in [2.75, 3.05) is 0 Å². The molecule has 1 aromatic heterocycles. The fourth-order valence-corrected chi connectivity index (χ4v) is 6.03. The summed E-state index contributed by atoms with van der Waals surface area (Å²) in [5, 5.41) is 2.71. The van der Waals surface area contributed by atoms with Crippen molar-refractivity contribution in [2.45, 2.75) is 65.7 Å². The maximum atomic E-state index is 3.65. The van der Waals surface area contributed by atoms with E-state index in [1.807, 2.05) is 0 Å². The Kier molecular flexibility index (Phi) is 5.00. The molecule has 32 heavy (non-hydrogen) atoms. The Morgan fingerprint density at radius 2 is 1.62 bits per heavy atom. The molecule has 3 atom stereocenters. The van der Waals surface area contributed by atoms with Gasteiger partial charge in [0.15, 0.2) is 0 Å². The van der Waals surface area contributed by atoms with Gasteiger partial charge in [0.25, 0.3) is 0 Å². The normalized spacial score (nSPS) is 22.2. The zero-order valence-electron chi connectivity index (χ0n) is 20.5. The number of allylic oxidation sites excluding steroid dienone is 6. The predicted octanol–water partition coefficient (Wildman–Crippen LogP) is 8.83. The van der Waals surface area contributed by atoms with Gasteiger partial charge in [0.05, 0.1) is 0 Å². The lowest BCUT2D eigenvalue weighted by molar-refractivity contribution is 0.219. The predicted molar refractivity (Wildman–Crippen MR) is 139 cm³/mol. The summed E-state index contributed by atoms with van der Waals surface area (Å²) in [5.41, 5.74) is 7.17. The fourth-order valence-electron chi connectivity index (χ4n) is 6.03. The first-order valence-corrected chi connectivity index (χ1v) is 12.2. The van der Waals surface area contributed by atoms with Gasteiger partial charge in [-0.15, -0.1) is 0 Å². The Morgan fingerprint density at radius 3 is 2.34 bits per heavy atom. The van der Waals surface area contributed by atoms with Crippen molar-refractivity contribution in [3.8, 4) is 0 Å². The highest BCUT2D eigenvalue weighted by Crippen LogP contribution is 2.50. The van der Waals surface area contributed by atoms with E-state index >= 15 is 0 Å². The van der Waals surface area contributed by atoms with Gasteiger partial charge in [0, 0.05) is 21.8 Å². The van der Waals surface area contributed by atoms with E-state index in [0.717, 1.165) is 0 Å². The van der Waals surface area contributed by atoms with E-state index in [4.69, 9.17) is 0 Å². The van der Waals surface area contributed by atoms with Gasteiger partial charge in [-0.25, -0.2) is 0 Å². The quantitative estimate of drug-likeness (QED) is 0.424. The van der Waals surface area contributed by atoms with Gasteiger partial charge in [-0.3, -0.25) is 0 Å². The van der Waals surface area contributed by atoms with Crippen LogP contribution in [0.5, 0.6) is 0 Å². The number of aromatic nitrogens is 1. The van der Waals surface area contributed by atoms with Crippen LogP contribution in [0.25, 0.3) is 21.8 Å². The van der Waals surface area contributed by atoms with E-state index in [2.05, 4.69) is 113 Å². The highest BCUT2D eigenvalue weighted by molar-refractivity contribution is 6.07. The van der Waals surface area contributed by atoms with Gasteiger partial charge in [-0.05, 0) is 82.4 Å². The average molecular weight is 424 g/mol. The van der Waals surface area contributed by atoms with Crippen LogP contribution in [0.4, 0.5) is 0 Å². The Labute approximate surface area is 193 Å². The summed E-state index contributed by atoms with van der Waals surface area (Å²) in [6.07, 6.45) is 14.3. The number of H-pyrrole nitrogens is 1. The SMILES string of the molecule is CC(C)(C)c1ccc2[nH]c3ccc(C(C4C=CC=C5C=CCCC54)C(C)(C)C)cc3c2c1. The molecule has 2 aromatic carbocycles. The first-order valence-electron chi connectivity index (χ1n) is 12.2. The molecule has 3 unspecified atom stereocenters. The van der Waals surface area contributed by atoms with E-state index in [9.17, 15) is 0 Å². The lowest BCUT2D eigenvalue weighted by atomic mass is 9.62.